The van der Waals surface area contributed by atoms with Gasteiger partial charge in [-0.2, -0.15) is 0 Å². The average molecular weight is 154 g/mol. The van der Waals surface area contributed by atoms with E-state index in [9.17, 15) is 0 Å². The summed E-state index contributed by atoms with van der Waals surface area (Å²) in [6, 6.07) is 0. The van der Waals surface area contributed by atoms with Crippen LogP contribution < -0.4 is 0 Å². The Balaban J connectivity index is 1.82. The van der Waals surface area contributed by atoms with E-state index < -0.39 is 0 Å². The summed E-state index contributed by atoms with van der Waals surface area (Å²) in [4.78, 5) is 0. The van der Waals surface area contributed by atoms with Crippen molar-refractivity contribution in [2.24, 2.45) is 5.92 Å². The minimum atomic E-state index is 0.648. The number of ether oxygens (including phenoxy) is 1. The van der Waals surface area contributed by atoms with Crippen LogP contribution in [-0.4, -0.2) is 12.7 Å². The molecule has 1 aliphatic carbocycles. The van der Waals surface area contributed by atoms with Gasteiger partial charge in [0.1, 0.15) is 0 Å². The van der Waals surface area contributed by atoms with Gasteiger partial charge in [0, 0.05) is 6.61 Å². The summed E-state index contributed by atoms with van der Waals surface area (Å²) in [6.45, 7) is 1.03. The molecule has 0 aromatic heterocycles. The Morgan fingerprint density at radius 1 is 0.818 bits per heavy atom. The molecule has 2 aliphatic rings. The van der Waals surface area contributed by atoms with Gasteiger partial charge >= 0.3 is 0 Å². The van der Waals surface area contributed by atoms with Gasteiger partial charge in [-0.1, -0.05) is 19.3 Å². The minimum absolute atomic E-state index is 0.648. The van der Waals surface area contributed by atoms with Crippen molar-refractivity contribution in [2.75, 3.05) is 6.61 Å². The molecule has 1 saturated heterocycles. The molecule has 1 heterocycles. The predicted molar refractivity (Wildman–Crippen MR) is 45.5 cm³/mol. The van der Waals surface area contributed by atoms with Crippen LogP contribution >= 0.6 is 0 Å². The summed E-state index contributed by atoms with van der Waals surface area (Å²) >= 11 is 0. The summed E-state index contributed by atoms with van der Waals surface area (Å²) in [5.41, 5.74) is 0. The molecule has 1 unspecified atom stereocenters. The molecule has 0 aromatic carbocycles. The minimum Gasteiger partial charge on any atom is -0.378 e. The molecule has 64 valence electrons. The summed E-state index contributed by atoms with van der Waals surface area (Å²) in [7, 11) is 0. The fourth-order valence-electron chi connectivity index (χ4n) is 2.48. The Labute approximate surface area is 69.1 Å². The number of hydrogen-bond acceptors (Lipinski definition) is 1. The first kappa shape index (κ1) is 7.60. The lowest BCUT2D eigenvalue weighted by atomic mass is 9.84. The van der Waals surface area contributed by atoms with Crippen LogP contribution in [0.3, 0.4) is 0 Å². The van der Waals surface area contributed by atoms with Gasteiger partial charge in [-0.25, -0.2) is 0 Å². The quantitative estimate of drug-likeness (QED) is 0.564. The first-order valence-electron chi connectivity index (χ1n) is 5.08. The summed E-state index contributed by atoms with van der Waals surface area (Å²) in [5.74, 6) is 0.922. The molecule has 1 saturated carbocycles. The number of hydrogen-bond donors (Lipinski definition) is 0. The van der Waals surface area contributed by atoms with Crippen molar-refractivity contribution in [1.82, 2.24) is 0 Å². The summed E-state index contributed by atoms with van der Waals surface area (Å²) < 4.78 is 5.69. The molecule has 1 nitrogen and oxygen atoms in total. The molecule has 0 N–H and O–H groups in total. The van der Waals surface area contributed by atoms with E-state index in [1.54, 1.807) is 0 Å². The Morgan fingerprint density at radius 2 is 1.64 bits per heavy atom. The highest BCUT2D eigenvalue weighted by Crippen LogP contribution is 2.32. The molecule has 11 heavy (non-hydrogen) atoms. The van der Waals surface area contributed by atoms with Crippen LogP contribution in [0.4, 0.5) is 0 Å². The second-order valence-corrected chi connectivity index (χ2v) is 3.95. The first-order chi connectivity index (χ1) is 5.47. The highest BCUT2D eigenvalue weighted by Gasteiger charge is 2.26. The van der Waals surface area contributed by atoms with E-state index in [4.69, 9.17) is 4.74 Å². The standard InChI is InChI=1S/C10H18O/c1-2-5-9(6-3-1)10-7-4-8-11-10/h9-10H,1-8H2. The zero-order chi connectivity index (χ0) is 7.52. The Morgan fingerprint density at radius 3 is 2.27 bits per heavy atom. The lowest BCUT2D eigenvalue weighted by molar-refractivity contribution is 0.0477. The van der Waals surface area contributed by atoms with Crippen LogP contribution in [0.25, 0.3) is 0 Å². The normalized spacial score (nSPS) is 34.4. The first-order valence-corrected chi connectivity index (χ1v) is 5.08. The Kier molecular flexibility index (Phi) is 2.47. The van der Waals surface area contributed by atoms with Crippen LogP contribution in [0.1, 0.15) is 44.9 Å². The van der Waals surface area contributed by atoms with Crippen molar-refractivity contribution in [2.45, 2.75) is 51.0 Å². The Bertz CT molecular complexity index is 110. The van der Waals surface area contributed by atoms with E-state index in [0.717, 1.165) is 12.5 Å². The largest absolute Gasteiger partial charge is 0.378 e. The third kappa shape index (κ3) is 1.76. The topological polar surface area (TPSA) is 9.23 Å². The molecular formula is C10H18O. The van der Waals surface area contributed by atoms with Crippen molar-refractivity contribution in [3.05, 3.63) is 0 Å². The molecule has 0 amide bonds. The average Bonchev–Trinajstić information content (AvgIpc) is 2.58. The highest BCUT2D eigenvalue weighted by atomic mass is 16.5. The van der Waals surface area contributed by atoms with Gasteiger partial charge < -0.3 is 4.74 Å². The second-order valence-electron chi connectivity index (χ2n) is 3.95. The van der Waals surface area contributed by atoms with Gasteiger partial charge in [0.25, 0.3) is 0 Å². The maximum absolute atomic E-state index is 5.69. The third-order valence-corrected chi connectivity index (χ3v) is 3.14. The smallest absolute Gasteiger partial charge is 0.0604 e. The SMILES string of the molecule is C1CCC(C2CCCO2)CC1. The van der Waals surface area contributed by atoms with E-state index >= 15 is 0 Å². The third-order valence-electron chi connectivity index (χ3n) is 3.14. The molecule has 0 radical (unpaired) electrons. The zero-order valence-electron chi connectivity index (χ0n) is 7.22. The van der Waals surface area contributed by atoms with Gasteiger partial charge in [-0.05, 0) is 31.6 Å². The van der Waals surface area contributed by atoms with E-state index in [2.05, 4.69) is 0 Å². The van der Waals surface area contributed by atoms with E-state index in [0.29, 0.717) is 6.10 Å². The molecule has 0 bridgehead atoms. The Hall–Kier alpha value is -0.0400. The predicted octanol–water partition coefficient (Wildman–Crippen LogP) is 2.75. The monoisotopic (exact) mass is 154 g/mol. The fraction of sp³-hybridized carbons (Fsp3) is 1.00. The molecule has 0 aromatic rings. The van der Waals surface area contributed by atoms with E-state index in [1.807, 2.05) is 0 Å². The molecule has 1 atom stereocenters. The van der Waals surface area contributed by atoms with Crippen LogP contribution in [0, 0.1) is 5.92 Å². The molecule has 2 fully saturated rings. The van der Waals surface area contributed by atoms with Gasteiger partial charge in [-0.3, -0.25) is 0 Å². The van der Waals surface area contributed by atoms with E-state index in [1.165, 1.54) is 44.9 Å². The highest BCUT2D eigenvalue weighted by molar-refractivity contribution is 4.77. The summed E-state index contributed by atoms with van der Waals surface area (Å²) in [5, 5.41) is 0. The van der Waals surface area contributed by atoms with Gasteiger partial charge in [0.2, 0.25) is 0 Å². The fourth-order valence-corrected chi connectivity index (χ4v) is 2.48. The lowest BCUT2D eigenvalue weighted by Gasteiger charge is -2.26. The molecule has 0 spiro atoms. The number of rotatable bonds is 1. The van der Waals surface area contributed by atoms with Crippen molar-refractivity contribution in [1.29, 1.82) is 0 Å². The van der Waals surface area contributed by atoms with Crippen molar-refractivity contribution >= 4 is 0 Å². The zero-order valence-corrected chi connectivity index (χ0v) is 7.22. The van der Waals surface area contributed by atoms with Gasteiger partial charge in [0.15, 0.2) is 0 Å². The van der Waals surface area contributed by atoms with Crippen LogP contribution in [0.2, 0.25) is 0 Å². The second kappa shape index (κ2) is 3.57. The maximum atomic E-state index is 5.69. The van der Waals surface area contributed by atoms with Crippen LogP contribution in [0.5, 0.6) is 0 Å². The van der Waals surface area contributed by atoms with Crippen LogP contribution in [-0.2, 0) is 4.74 Å². The van der Waals surface area contributed by atoms with Gasteiger partial charge in [0.05, 0.1) is 6.10 Å². The van der Waals surface area contributed by atoms with Gasteiger partial charge in [-0.15, -0.1) is 0 Å². The van der Waals surface area contributed by atoms with E-state index in [-0.39, 0.29) is 0 Å². The maximum Gasteiger partial charge on any atom is 0.0604 e. The molecule has 1 aliphatic heterocycles. The lowest BCUT2D eigenvalue weighted by Crippen LogP contribution is -2.21. The van der Waals surface area contributed by atoms with Crippen molar-refractivity contribution < 1.29 is 4.74 Å². The molecule has 2 rings (SSSR count). The summed E-state index contributed by atoms with van der Waals surface area (Å²) in [6.07, 6.45) is 10.5. The molecule has 1 heteroatoms. The van der Waals surface area contributed by atoms with Crippen LogP contribution in [0.15, 0.2) is 0 Å². The van der Waals surface area contributed by atoms with Crippen molar-refractivity contribution in [3.63, 3.8) is 0 Å². The van der Waals surface area contributed by atoms with Crippen molar-refractivity contribution in [3.8, 4) is 0 Å². The molecular weight excluding hydrogens is 136 g/mol.